The lowest BCUT2D eigenvalue weighted by Crippen LogP contribution is -2.27. The number of nitro benzene ring substituents is 1. The molecule has 5 nitrogen and oxygen atoms in total. The van der Waals surface area contributed by atoms with Crippen LogP contribution in [0, 0.1) is 22.5 Å². The van der Waals surface area contributed by atoms with Crippen molar-refractivity contribution in [1.29, 1.82) is 0 Å². The number of carbonyl (C=O) groups excluding carboxylic acids is 1. The van der Waals surface area contributed by atoms with Crippen LogP contribution in [0.3, 0.4) is 0 Å². The molecule has 1 rings (SSSR count). The second-order valence-electron chi connectivity index (χ2n) is 3.41. The summed E-state index contributed by atoms with van der Waals surface area (Å²) in [4.78, 5) is 23.2. The molecule has 0 unspecified atom stereocenters. The van der Waals surface area contributed by atoms with Crippen LogP contribution in [0.25, 0.3) is 0 Å². The molecule has 1 amide bonds. The molecule has 94 valence electrons. The number of nitrogens with zero attached hydrogens (tertiary/aromatic N) is 2. The van der Waals surface area contributed by atoms with Crippen molar-refractivity contribution in [1.82, 2.24) is 4.90 Å². The predicted octanol–water partition coefficient (Wildman–Crippen LogP) is 2.61. The van der Waals surface area contributed by atoms with Crippen LogP contribution in [-0.2, 0) is 0 Å². The molecule has 0 N–H and O–H groups in total. The summed E-state index contributed by atoms with van der Waals surface area (Å²) >= 11 is 11.4. The summed E-state index contributed by atoms with van der Waals surface area (Å²) in [5, 5.41) is 10.5. The van der Waals surface area contributed by atoms with Crippen molar-refractivity contribution >= 4 is 34.8 Å². The Morgan fingerprint density at radius 3 is 2.67 bits per heavy atom. The maximum atomic E-state index is 11.9. The Balaban J connectivity index is 3.24. The average molecular weight is 287 g/mol. The van der Waals surface area contributed by atoms with Gasteiger partial charge in [-0.15, -0.1) is 6.42 Å². The molecule has 0 aromatic heterocycles. The van der Waals surface area contributed by atoms with Crippen molar-refractivity contribution < 1.29 is 9.72 Å². The van der Waals surface area contributed by atoms with E-state index in [1.54, 1.807) is 0 Å². The molecule has 0 spiro atoms. The van der Waals surface area contributed by atoms with Gasteiger partial charge in [0, 0.05) is 18.7 Å². The van der Waals surface area contributed by atoms with Crippen LogP contribution in [0.5, 0.6) is 0 Å². The van der Waals surface area contributed by atoms with Gasteiger partial charge >= 0.3 is 0 Å². The summed E-state index contributed by atoms with van der Waals surface area (Å²) in [6, 6.07) is 2.34. The third-order valence-electron chi connectivity index (χ3n) is 2.13. The van der Waals surface area contributed by atoms with Crippen molar-refractivity contribution in [3.05, 3.63) is 37.9 Å². The number of amides is 1. The number of halogens is 2. The maximum absolute atomic E-state index is 11.9. The van der Waals surface area contributed by atoms with Gasteiger partial charge in [0.15, 0.2) is 0 Å². The number of hydrogen-bond acceptors (Lipinski definition) is 3. The smallest absolute Gasteiger partial charge is 0.290 e. The van der Waals surface area contributed by atoms with Gasteiger partial charge in [-0.3, -0.25) is 14.9 Å². The van der Waals surface area contributed by atoms with Gasteiger partial charge in [-0.25, -0.2) is 0 Å². The van der Waals surface area contributed by atoms with E-state index in [1.165, 1.54) is 18.0 Å². The highest BCUT2D eigenvalue weighted by molar-refractivity contribution is 6.43. The van der Waals surface area contributed by atoms with Crippen LogP contribution >= 0.6 is 23.2 Å². The second-order valence-corrected chi connectivity index (χ2v) is 4.20. The largest absolute Gasteiger partial charge is 0.331 e. The molecule has 1 aromatic rings. The monoisotopic (exact) mass is 286 g/mol. The first-order chi connectivity index (χ1) is 8.38. The summed E-state index contributed by atoms with van der Waals surface area (Å²) < 4.78 is 0. The van der Waals surface area contributed by atoms with Crippen molar-refractivity contribution in [2.75, 3.05) is 13.6 Å². The Morgan fingerprint density at radius 1 is 1.56 bits per heavy atom. The maximum Gasteiger partial charge on any atom is 0.290 e. The Morgan fingerprint density at radius 2 is 2.17 bits per heavy atom. The van der Waals surface area contributed by atoms with Gasteiger partial charge in [-0.05, 0) is 6.07 Å². The van der Waals surface area contributed by atoms with E-state index in [4.69, 9.17) is 29.6 Å². The third-order valence-corrected chi connectivity index (χ3v) is 2.92. The SMILES string of the molecule is C#CCN(C)C(=O)c1cc(Cl)c(Cl)c([N+](=O)[O-])c1. The summed E-state index contributed by atoms with van der Waals surface area (Å²) in [6.45, 7) is 0.0902. The van der Waals surface area contributed by atoms with Gasteiger partial charge in [-0.2, -0.15) is 0 Å². The second kappa shape index (κ2) is 5.71. The fraction of sp³-hybridized carbons (Fsp3) is 0.182. The lowest BCUT2D eigenvalue weighted by Gasteiger charge is -2.14. The Bertz CT molecular complexity index is 552. The Hall–Kier alpha value is -1.77. The summed E-state index contributed by atoms with van der Waals surface area (Å²) in [7, 11) is 1.48. The minimum absolute atomic E-state index is 0.0525. The molecule has 0 bridgehead atoms. The number of terminal acetylenes is 1. The zero-order valence-electron chi connectivity index (χ0n) is 9.31. The van der Waals surface area contributed by atoms with E-state index in [2.05, 4.69) is 5.92 Å². The van der Waals surface area contributed by atoms with Gasteiger partial charge in [-0.1, -0.05) is 29.1 Å². The highest BCUT2D eigenvalue weighted by Gasteiger charge is 2.21. The van der Waals surface area contributed by atoms with Gasteiger partial charge < -0.3 is 4.90 Å². The minimum Gasteiger partial charge on any atom is -0.331 e. The number of nitro groups is 1. The first kappa shape index (κ1) is 14.3. The number of rotatable bonds is 3. The van der Waals surface area contributed by atoms with E-state index in [9.17, 15) is 14.9 Å². The van der Waals surface area contributed by atoms with Crippen molar-refractivity contribution in [2.24, 2.45) is 0 Å². The standard InChI is InChI=1S/C11H8Cl2N2O3/c1-3-4-14(2)11(16)7-5-8(12)10(13)9(6-7)15(17)18/h1,5-6H,4H2,2H3. The number of hydrogen-bond donors (Lipinski definition) is 0. The molecule has 7 heteroatoms. The normalized spacial score (nSPS) is 9.67. The summed E-state index contributed by atoms with van der Waals surface area (Å²) in [5.41, 5.74) is -0.351. The van der Waals surface area contributed by atoms with Crippen LogP contribution in [-0.4, -0.2) is 29.3 Å². The van der Waals surface area contributed by atoms with Gasteiger partial charge in [0.25, 0.3) is 11.6 Å². The van der Waals surface area contributed by atoms with E-state index in [1.807, 2.05) is 0 Å². The summed E-state index contributed by atoms with van der Waals surface area (Å²) in [5.74, 6) is 1.83. The molecule has 1 aromatic carbocycles. The van der Waals surface area contributed by atoms with Crippen molar-refractivity contribution in [3.8, 4) is 12.3 Å². The van der Waals surface area contributed by atoms with Crippen molar-refractivity contribution in [3.63, 3.8) is 0 Å². The minimum atomic E-state index is -0.702. The Labute approximate surface area is 113 Å². The highest BCUT2D eigenvalue weighted by Crippen LogP contribution is 2.33. The molecule has 0 atom stereocenters. The fourth-order valence-corrected chi connectivity index (χ4v) is 1.65. The zero-order chi connectivity index (χ0) is 13.9. The topological polar surface area (TPSA) is 63.5 Å². The first-order valence-electron chi connectivity index (χ1n) is 4.70. The molecule has 0 aliphatic heterocycles. The van der Waals surface area contributed by atoms with Crippen LogP contribution in [0.1, 0.15) is 10.4 Å². The quantitative estimate of drug-likeness (QED) is 0.487. The third kappa shape index (κ3) is 2.92. The molecule has 18 heavy (non-hydrogen) atoms. The Kier molecular flexibility index (Phi) is 4.54. The molecular weight excluding hydrogens is 279 g/mol. The van der Waals surface area contributed by atoms with E-state index < -0.39 is 16.5 Å². The molecule has 0 aliphatic rings. The highest BCUT2D eigenvalue weighted by atomic mass is 35.5. The summed E-state index contributed by atoms with van der Waals surface area (Å²) in [6.07, 6.45) is 5.08. The van der Waals surface area contributed by atoms with E-state index in [-0.39, 0.29) is 22.2 Å². The van der Waals surface area contributed by atoms with E-state index in [0.717, 1.165) is 6.07 Å². The molecule has 0 saturated carbocycles. The number of benzene rings is 1. The fourth-order valence-electron chi connectivity index (χ4n) is 1.26. The number of carbonyl (C=O) groups is 1. The van der Waals surface area contributed by atoms with Crippen LogP contribution in [0.4, 0.5) is 5.69 Å². The van der Waals surface area contributed by atoms with Gasteiger partial charge in [0.1, 0.15) is 5.02 Å². The molecular formula is C11H8Cl2N2O3. The van der Waals surface area contributed by atoms with E-state index in [0.29, 0.717) is 0 Å². The lowest BCUT2D eigenvalue weighted by molar-refractivity contribution is -0.384. The predicted molar refractivity (Wildman–Crippen MR) is 68.9 cm³/mol. The van der Waals surface area contributed by atoms with Gasteiger partial charge in [0.05, 0.1) is 16.5 Å². The molecule has 0 fully saturated rings. The molecule has 0 aliphatic carbocycles. The van der Waals surface area contributed by atoms with Crippen molar-refractivity contribution in [2.45, 2.75) is 0 Å². The molecule has 0 heterocycles. The average Bonchev–Trinajstić information content (AvgIpc) is 2.31. The van der Waals surface area contributed by atoms with E-state index >= 15 is 0 Å². The van der Waals surface area contributed by atoms with Crippen LogP contribution in [0.2, 0.25) is 10.0 Å². The van der Waals surface area contributed by atoms with Crippen LogP contribution < -0.4 is 0 Å². The van der Waals surface area contributed by atoms with Gasteiger partial charge in [0.2, 0.25) is 0 Å². The first-order valence-corrected chi connectivity index (χ1v) is 5.46. The zero-order valence-corrected chi connectivity index (χ0v) is 10.8. The molecule has 0 saturated heterocycles. The van der Waals surface area contributed by atoms with Crippen LogP contribution in [0.15, 0.2) is 12.1 Å². The molecule has 0 radical (unpaired) electrons. The lowest BCUT2D eigenvalue weighted by atomic mass is 10.1.